The fourth-order valence-corrected chi connectivity index (χ4v) is 5.27. The van der Waals surface area contributed by atoms with E-state index in [0.717, 1.165) is 8.95 Å². The van der Waals surface area contributed by atoms with Crippen molar-refractivity contribution < 1.29 is 40.2 Å². The Kier molecular flexibility index (Phi) is 9.08. The van der Waals surface area contributed by atoms with Gasteiger partial charge in [-0.1, -0.05) is 225 Å². The lowest BCUT2D eigenvalue weighted by Gasteiger charge is -2.05. The summed E-state index contributed by atoms with van der Waals surface area (Å²) in [6.07, 6.45) is 0. The Morgan fingerprint density at radius 2 is 0.536 bits per heavy atom. The molecule has 0 saturated carbocycles. The van der Waals surface area contributed by atoms with Crippen molar-refractivity contribution in [2.24, 2.45) is 0 Å². The maximum Gasteiger partial charge on any atom is 0.488 e. The molecule has 0 aliphatic carbocycles. The van der Waals surface area contributed by atoms with Crippen LogP contribution in [-0.2, 0) is 0 Å². The second-order valence-electron chi connectivity index (χ2n) is 10.6. The molecule has 278 valence electrons. The highest BCUT2D eigenvalue weighted by molar-refractivity contribution is 9.11. The Morgan fingerprint density at radius 1 is 0.286 bits per heavy atom. The summed E-state index contributed by atoms with van der Waals surface area (Å²) in [6, 6.07) is 13.5. The number of rotatable bonds is 5. The predicted octanol–water partition coefficient (Wildman–Crippen LogP) is 14.9. The quantitative estimate of drug-likeness (QED) is 0.169. The molecular weight excluding hydrogens is 1020 g/mol. The Morgan fingerprint density at radius 3 is 0.804 bits per heavy atom. The van der Waals surface area contributed by atoms with Crippen LogP contribution in [0.2, 0.25) is 0 Å². The summed E-state index contributed by atoms with van der Waals surface area (Å²) >= 11 is 15.8. The fourth-order valence-electron chi connectivity index (χ4n) is 4.14. The van der Waals surface area contributed by atoms with Gasteiger partial charge in [-0.15, -0.1) is 0 Å². The molecular formula is C48H36BBr5O2. The van der Waals surface area contributed by atoms with E-state index in [1.54, 1.807) is 36.4 Å². The predicted molar refractivity (Wildman–Crippen MR) is 256 cm³/mol. The van der Waals surface area contributed by atoms with Crippen LogP contribution in [-0.4, -0.2) is 17.2 Å². The van der Waals surface area contributed by atoms with Gasteiger partial charge in [0, 0.05) is 22.4 Å². The fraction of sp³-hybridized carbons (Fsp3) is 0. The summed E-state index contributed by atoms with van der Waals surface area (Å²) in [5, 5.41) is 17.6. The molecule has 8 rings (SSSR count). The minimum atomic E-state index is -2.07. The van der Waals surface area contributed by atoms with Gasteiger partial charge >= 0.3 is 7.12 Å². The smallest absolute Gasteiger partial charge is 0.423 e. The van der Waals surface area contributed by atoms with Crippen molar-refractivity contribution >= 4 is 92.2 Å². The number of hydrogen-bond donors (Lipinski definition) is 2. The SMILES string of the molecule is Brc1ccc(Br)cc1.[2H]c1c([2H])c(-c2ccc(-c3c([2H])c([2H])c(Br)c([2H])c3[2H])cc2)c([2H])c([2H])c1Br.[2H]c1c([2H])c([2H])c(-c2ccc(-c3c([2H])c([2H])c(Br)c([2H])c3[2H])cc2)c([2H])c1[2H].[2H]c1c([2H])c([2H])c(B(O)O)c([2H])c1[2H]. The van der Waals surface area contributed by atoms with Crippen LogP contribution in [0.4, 0.5) is 0 Å². The van der Waals surface area contributed by atoms with Gasteiger partial charge in [0.15, 0.2) is 0 Å². The molecule has 0 unspecified atom stereocenters. The van der Waals surface area contributed by atoms with Gasteiger partial charge in [0.1, 0.15) is 0 Å². The lowest BCUT2D eigenvalue weighted by Crippen LogP contribution is -2.29. The molecule has 0 aliphatic rings. The summed E-state index contributed by atoms with van der Waals surface area (Å²) in [5.41, 5.74) is 1.74. The first-order valence-corrected chi connectivity index (χ1v) is 19.7. The van der Waals surface area contributed by atoms with Gasteiger partial charge in [0.05, 0.1) is 30.2 Å². The van der Waals surface area contributed by atoms with Crippen molar-refractivity contribution in [3.63, 3.8) is 0 Å². The number of halogens is 5. The molecule has 0 fully saturated rings. The van der Waals surface area contributed by atoms with E-state index in [0.29, 0.717) is 22.3 Å². The molecule has 0 atom stereocenters. The van der Waals surface area contributed by atoms with Crippen molar-refractivity contribution in [3.8, 4) is 44.5 Å². The van der Waals surface area contributed by atoms with Gasteiger partial charge in [-0.2, -0.15) is 0 Å². The van der Waals surface area contributed by atoms with E-state index in [4.69, 9.17) is 40.2 Å². The largest absolute Gasteiger partial charge is 0.488 e. The van der Waals surface area contributed by atoms with E-state index in [1.165, 1.54) is 12.1 Å². The van der Waals surface area contributed by atoms with Crippen LogP contribution in [0.5, 0.6) is 0 Å². The zero-order valence-electron chi connectivity index (χ0n) is 50.3. The maximum atomic E-state index is 8.81. The minimum absolute atomic E-state index is 0.0629. The van der Waals surface area contributed by atoms with E-state index in [-0.39, 0.29) is 120 Å². The van der Waals surface area contributed by atoms with Crippen LogP contribution in [0.15, 0.2) is 228 Å². The molecule has 0 radical (unpaired) electrons. The molecule has 2 N–H and O–H groups in total. The van der Waals surface area contributed by atoms with Crippen LogP contribution >= 0.6 is 79.6 Å². The number of hydrogen-bond acceptors (Lipinski definition) is 2. The van der Waals surface area contributed by atoms with Gasteiger partial charge in [-0.3, -0.25) is 0 Å². The van der Waals surface area contributed by atoms with Crippen molar-refractivity contribution in [2.45, 2.75) is 0 Å². The van der Waals surface area contributed by atoms with Crippen molar-refractivity contribution in [2.75, 3.05) is 0 Å². The zero-order chi connectivity index (χ0) is 58.8. The first-order chi connectivity index (χ1) is 36.3. The first-order valence-electron chi connectivity index (χ1n) is 26.7. The van der Waals surface area contributed by atoms with Gasteiger partial charge in [0.25, 0.3) is 0 Å². The minimum Gasteiger partial charge on any atom is -0.423 e. The highest BCUT2D eigenvalue weighted by atomic mass is 79.9. The van der Waals surface area contributed by atoms with Gasteiger partial charge in [-0.05, 0) is 110 Å². The molecule has 0 spiro atoms. The average molecular weight is 1080 g/mol. The van der Waals surface area contributed by atoms with Crippen LogP contribution in [0, 0.1) is 0 Å². The molecule has 0 bridgehead atoms. The molecule has 0 heterocycles. The topological polar surface area (TPSA) is 40.5 Å². The standard InChI is InChI=1S/C18H12Br2.C18H13Br.C6H7BO2.C6H4Br2/c19-17-9-5-15(6-10-17)13-1-2-14(4-3-13)16-7-11-18(20)12-8-16;19-18-12-10-17(11-13-18)16-8-6-15(7-9-16)14-4-2-1-3-5-14;8-7(9)6-4-2-1-3-5-6;7-5-1-2-6(8)4-3-5/h1-12H;1-13H;1-5,8-9H;1-4H/i5D,6D,7D,8D,9D,10D,11D,12D;1D,2D,3D,4D,5D,10D,11D,12D,13D;1D,2D,3D,4D,5D;. The highest BCUT2D eigenvalue weighted by Crippen LogP contribution is 2.28. The van der Waals surface area contributed by atoms with Crippen LogP contribution < -0.4 is 5.46 Å². The second-order valence-corrected chi connectivity index (χ2v) is 14.8. The summed E-state index contributed by atoms with van der Waals surface area (Å²) in [6.45, 7) is 0. The highest BCUT2D eigenvalue weighted by Gasteiger charge is 2.07. The van der Waals surface area contributed by atoms with Crippen LogP contribution in [0.3, 0.4) is 0 Å². The van der Waals surface area contributed by atoms with E-state index < -0.39 is 60.9 Å². The first kappa shape index (κ1) is 22.3. The van der Waals surface area contributed by atoms with E-state index in [9.17, 15) is 0 Å². The van der Waals surface area contributed by atoms with Crippen molar-refractivity contribution in [1.82, 2.24) is 0 Å². The number of benzene rings is 8. The monoisotopic (exact) mass is 1070 g/mol. The third kappa shape index (κ3) is 14.3. The third-order valence-corrected chi connectivity index (χ3v) is 9.04. The van der Waals surface area contributed by atoms with Crippen molar-refractivity contribution in [3.05, 3.63) is 228 Å². The average Bonchev–Trinajstić information content (AvgIpc) is 3.41. The van der Waals surface area contributed by atoms with E-state index in [2.05, 4.69) is 79.6 Å². The normalized spacial score (nSPS) is 15.6. The Bertz CT molecular complexity index is 3110. The molecule has 8 aromatic carbocycles. The summed E-state index contributed by atoms with van der Waals surface area (Å²) in [4.78, 5) is 0. The molecule has 2 nitrogen and oxygen atoms in total. The van der Waals surface area contributed by atoms with Gasteiger partial charge in [0.2, 0.25) is 0 Å². The lowest BCUT2D eigenvalue weighted by atomic mass is 9.81. The molecule has 0 saturated heterocycles. The van der Waals surface area contributed by atoms with Gasteiger partial charge < -0.3 is 10.0 Å². The molecule has 8 aromatic rings. The molecule has 56 heavy (non-hydrogen) atoms. The summed E-state index contributed by atoms with van der Waals surface area (Å²) in [5.74, 6) is 0. The zero-order valence-corrected chi connectivity index (χ0v) is 36.2. The molecule has 0 aromatic heterocycles. The van der Waals surface area contributed by atoms with Crippen molar-refractivity contribution in [1.29, 1.82) is 0 Å². The Labute approximate surface area is 403 Å². The Hall–Kier alpha value is -3.86. The Balaban J connectivity index is 0.000000210. The van der Waals surface area contributed by atoms with Crippen LogP contribution in [0.25, 0.3) is 44.5 Å². The molecule has 8 heteroatoms. The van der Waals surface area contributed by atoms with E-state index in [1.807, 2.05) is 24.3 Å². The maximum absolute atomic E-state index is 8.81. The molecule has 0 aliphatic heterocycles. The molecule has 0 amide bonds. The van der Waals surface area contributed by atoms with Crippen LogP contribution in [0.1, 0.15) is 30.2 Å². The summed E-state index contributed by atoms with van der Waals surface area (Å²) in [7, 11) is -2.07. The second kappa shape index (κ2) is 22.8. The van der Waals surface area contributed by atoms with E-state index >= 15 is 0 Å². The third-order valence-electron chi connectivity index (χ3n) is 6.79. The van der Waals surface area contributed by atoms with Gasteiger partial charge in [-0.25, -0.2) is 0 Å². The lowest BCUT2D eigenvalue weighted by molar-refractivity contribution is 0.426. The summed E-state index contributed by atoms with van der Waals surface area (Å²) < 4.78 is 174.